The Bertz CT molecular complexity index is 587. The molecule has 0 aliphatic rings. The van der Waals surface area contributed by atoms with E-state index in [1.165, 1.54) is 0 Å². The quantitative estimate of drug-likeness (QED) is 0.614. The molecule has 21 heavy (non-hydrogen) atoms. The van der Waals surface area contributed by atoms with Crippen LogP contribution in [0.3, 0.4) is 0 Å². The van der Waals surface area contributed by atoms with Crippen LogP contribution in [0.2, 0.25) is 10.0 Å². The van der Waals surface area contributed by atoms with Gasteiger partial charge in [-0.3, -0.25) is 5.84 Å². The van der Waals surface area contributed by atoms with E-state index in [0.29, 0.717) is 16.7 Å². The molecule has 0 bridgehead atoms. The summed E-state index contributed by atoms with van der Waals surface area (Å²) in [6.07, 6.45) is 0.984. The molecule has 5 heteroatoms. The number of hydrazine groups is 1. The van der Waals surface area contributed by atoms with Gasteiger partial charge in [-0.05, 0) is 41.8 Å². The molecule has 0 saturated carbocycles. The zero-order valence-electron chi connectivity index (χ0n) is 11.8. The number of rotatable bonds is 6. The molecule has 3 N–H and O–H groups in total. The van der Waals surface area contributed by atoms with Gasteiger partial charge in [-0.2, -0.15) is 0 Å². The van der Waals surface area contributed by atoms with Gasteiger partial charge in [-0.25, -0.2) is 5.43 Å². The summed E-state index contributed by atoms with van der Waals surface area (Å²) in [7, 11) is 0. The Morgan fingerprint density at radius 2 is 1.71 bits per heavy atom. The molecule has 0 aliphatic heterocycles. The van der Waals surface area contributed by atoms with E-state index in [2.05, 4.69) is 12.3 Å². The lowest BCUT2D eigenvalue weighted by Gasteiger charge is -2.18. The highest BCUT2D eigenvalue weighted by atomic mass is 35.5. The summed E-state index contributed by atoms with van der Waals surface area (Å²) in [5.74, 6) is 6.54. The van der Waals surface area contributed by atoms with Crippen LogP contribution in [0.25, 0.3) is 0 Å². The molecule has 3 nitrogen and oxygen atoms in total. The largest absolute Gasteiger partial charge is 0.494 e. The van der Waals surface area contributed by atoms with Crippen molar-refractivity contribution >= 4 is 23.2 Å². The van der Waals surface area contributed by atoms with E-state index >= 15 is 0 Å². The first-order valence-electron chi connectivity index (χ1n) is 6.79. The normalized spacial score (nSPS) is 12.2. The second-order valence-corrected chi connectivity index (χ2v) is 5.51. The van der Waals surface area contributed by atoms with Crippen LogP contribution in [0.1, 0.15) is 30.5 Å². The number of benzene rings is 2. The van der Waals surface area contributed by atoms with Gasteiger partial charge >= 0.3 is 0 Å². The molecule has 1 unspecified atom stereocenters. The summed E-state index contributed by atoms with van der Waals surface area (Å²) >= 11 is 12.0. The first-order valence-corrected chi connectivity index (χ1v) is 7.55. The van der Waals surface area contributed by atoms with E-state index in [9.17, 15) is 0 Å². The third-order valence-electron chi connectivity index (χ3n) is 3.13. The minimum Gasteiger partial charge on any atom is -0.494 e. The number of hydrogen-bond acceptors (Lipinski definition) is 3. The molecule has 0 radical (unpaired) electrons. The first-order chi connectivity index (χ1) is 10.2. The van der Waals surface area contributed by atoms with E-state index in [1.54, 1.807) is 6.07 Å². The number of halogens is 2. The summed E-state index contributed by atoms with van der Waals surface area (Å²) in [5.41, 5.74) is 4.78. The fourth-order valence-corrected chi connectivity index (χ4v) is 2.36. The molecule has 2 aromatic carbocycles. The predicted octanol–water partition coefficient (Wildman–Crippen LogP) is 4.33. The van der Waals surface area contributed by atoms with Gasteiger partial charge in [0.05, 0.1) is 22.7 Å². The molecule has 0 aromatic heterocycles. The van der Waals surface area contributed by atoms with E-state index < -0.39 is 0 Å². The van der Waals surface area contributed by atoms with Gasteiger partial charge in [0, 0.05) is 0 Å². The Kier molecular flexibility index (Phi) is 5.88. The van der Waals surface area contributed by atoms with Crippen LogP contribution in [0, 0.1) is 0 Å². The van der Waals surface area contributed by atoms with Crippen LogP contribution in [0.4, 0.5) is 0 Å². The Morgan fingerprint density at radius 3 is 2.29 bits per heavy atom. The molecule has 1 atom stereocenters. The first kappa shape index (κ1) is 16.1. The summed E-state index contributed by atoms with van der Waals surface area (Å²) in [5, 5.41) is 1.04. The van der Waals surface area contributed by atoms with Crippen LogP contribution in [-0.4, -0.2) is 6.61 Å². The van der Waals surface area contributed by atoms with E-state index in [1.807, 2.05) is 36.4 Å². The van der Waals surface area contributed by atoms with Crippen molar-refractivity contribution in [1.82, 2.24) is 5.43 Å². The van der Waals surface area contributed by atoms with Gasteiger partial charge < -0.3 is 4.74 Å². The highest BCUT2D eigenvalue weighted by Gasteiger charge is 2.13. The average Bonchev–Trinajstić information content (AvgIpc) is 2.50. The zero-order valence-corrected chi connectivity index (χ0v) is 13.3. The van der Waals surface area contributed by atoms with Crippen molar-refractivity contribution in [2.75, 3.05) is 6.61 Å². The van der Waals surface area contributed by atoms with Crippen molar-refractivity contribution in [2.24, 2.45) is 5.84 Å². The maximum atomic E-state index is 6.06. The summed E-state index contributed by atoms with van der Waals surface area (Å²) in [6, 6.07) is 13.2. The minimum atomic E-state index is -0.153. The Balaban J connectivity index is 2.22. The van der Waals surface area contributed by atoms with Crippen molar-refractivity contribution in [3.63, 3.8) is 0 Å². The van der Waals surface area contributed by atoms with Gasteiger partial charge in [0.15, 0.2) is 0 Å². The third kappa shape index (κ3) is 4.11. The molecule has 0 heterocycles. The highest BCUT2D eigenvalue weighted by molar-refractivity contribution is 6.42. The smallest absolute Gasteiger partial charge is 0.119 e. The second kappa shape index (κ2) is 7.66. The van der Waals surface area contributed by atoms with Crippen LogP contribution in [0.5, 0.6) is 5.75 Å². The van der Waals surface area contributed by atoms with Crippen LogP contribution in [-0.2, 0) is 0 Å². The van der Waals surface area contributed by atoms with Crippen molar-refractivity contribution in [1.29, 1.82) is 0 Å². The highest BCUT2D eigenvalue weighted by Crippen LogP contribution is 2.29. The molecule has 0 aliphatic carbocycles. The number of nitrogens with two attached hydrogens (primary N) is 1. The van der Waals surface area contributed by atoms with Crippen LogP contribution >= 0.6 is 23.2 Å². The van der Waals surface area contributed by atoms with Gasteiger partial charge in [0.25, 0.3) is 0 Å². The van der Waals surface area contributed by atoms with Gasteiger partial charge in [-0.1, -0.05) is 48.3 Å². The standard InChI is InChI=1S/C16H18Cl2N2O/c1-2-9-21-13-6-3-11(4-7-13)16(20-19)12-5-8-14(17)15(18)10-12/h3-8,10,16,20H,2,9,19H2,1H3. The fourth-order valence-electron chi connectivity index (χ4n) is 2.05. The van der Waals surface area contributed by atoms with Gasteiger partial charge in [0.2, 0.25) is 0 Å². The van der Waals surface area contributed by atoms with Gasteiger partial charge in [-0.15, -0.1) is 0 Å². The Labute approximate surface area is 135 Å². The maximum absolute atomic E-state index is 6.06. The molecule has 0 amide bonds. The molecule has 0 fully saturated rings. The SMILES string of the molecule is CCCOc1ccc(C(NN)c2ccc(Cl)c(Cl)c2)cc1. The van der Waals surface area contributed by atoms with Crippen LogP contribution in [0.15, 0.2) is 42.5 Å². The van der Waals surface area contributed by atoms with Crippen molar-refractivity contribution < 1.29 is 4.74 Å². The summed E-state index contributed by atoms with van der Waals surface area (Å²) in [6.45, 7) is 2.79. The molecule has 0 saturated heterocycles. The van der Waals surface area contributed by atoms with Gasteiger partial charge in [0.1, 0.15) is 5.75 Å². The molecule has 112 valence electrons. The molecule has 2 rings (SSSR count). The van der Waals surface area contributed by atoms with E-state index in [4.69, 9.17) is 33.8 Å². The molecule has 0 spiro atoms. The number of nitrogens with one attached hydrogen (secondary N) is 1. The lowest BCUT2D eigenvalue weighted by atomic mass is 9.99. The summed E-state index contributed by atoms with van der Waals surface area (Å²) < 4.78 is 5.57. The molecular formula is C16H18Cl2N2O. The molecular weight excluding hydrogens is 307 g/mol. The number of hydrogen-bond donors (Lipinski definition) is 2. The van der Waals surface area contributed by atoms with E-state index in [-0.39, 0.29) is 6.04 Å². The number of ether oxygens (including phenoxy) is 1. The van der Waals surface area contributed by atoms with Crippen molar-refractivity contribution in [3.05, 3.63) is 63.6 Å². The maximum Gasteiger partial charge on any atom is 0.119 e. The van der Waals surface area contributed by atoms with E-state index in [0.717, 1.165) is 23.3 Å². The molecule has 2 aromatic rings. The van der Waals surface area contributed by atoms with Crippen molar-refractivity contribution in [3.8, 4) is 5.75 Å². The average molecular weight is 325 g/mol. The van der Waals surface area contributed by atoms with Crippen molar-refractivity contribution in [2.45, 2.75) is 19.4 Å². The Hall–Kier alpha value is -1.26. The lowest BCUT2D eigenvalue weighted by molar-refractivity contribution is 0.317. The third-order valence-corrected chi connectivity index (χ3v) is 3.87. The zero-order chi connectivity index (χ0) is 15.2. The monoisotopic (exact) mass is 324 g/mol. The predicted molar refractivity (Wildman–Crippen MR) is 87.9 cm³/mol. The van der Waals surface area contributed by atoms with Crippen LogP contribution < -0.4 is 16.0 Å². The minimum absolute atomic E-state index is 0.153. The summed E-state index contributed by atoms with van der Waals surface area (Å²) in [4.78, 5) is 0. The Morgan fingerprint density at radius 1 is 1.05 bits per heavy atom. The second-order valence-electron chi connectivity index (χ2n) is 4.69. The lowest BCUT2D eigenvalue weighted by Crippen LogP contribution is -2.28. The fraction of sp³-hybridized carbons (Fsp3) is 0.250. The topological polar surface area (TPSA) is 47.3 Å².